The summed E-state index contributed by atoms with van der Waals surface area (Å²) in [6, 6.07) is 19.6. The quantitative estimate of drug-likeness (QED) is 0.597. The highest BCUT2D eigenvalue weighted by molar-refractivity contribution is 14.1. The van der Waals surface area contributed by atoms with E-state index in [1.165, 1.54) is 0 Å². The first-order valence-corrected chi connectivity index (χ1v) is 8.15. The zero-order valence-corrected chi connectivity index (χ0v) is 14.2. The molecule has 0 unspecified atom stereocenters. The maximum atomic E-state index is 10.4. The summed E-state index contributed by atoms with van der Waals surface area (Å²) in [5.74, 6) is 1.05. The van der Waals surface area contributed by atoms with E-state index in [9.17, 15) is 5.11 Å². The van der Waals surface area contributed by atoms with E-state index in [0.717, 1.165) is 33.2 Å². The van der Waals surface area contributed by atoms with Crippen molar-refractivity contribution in [1.82, 2.24) is 0 Å². The van der Waals surface area contributed by atoms with Crippen LogP contribution in [0.5, 0.6) is 11.5 Å². The van der Waals surface area contributed by atoms with Gasteiger partial charge in [0.2, 0.25) is 0 Å². The van der Waals surface area contributed by atoms with Crippen LogP contribution in [0.2, 0.25) is 0 Å². The van der Waals surface area contributed by atoms with Crippen LogP contribution in [-0.4, -0.2) is 12.2 Å². The number of rotatable bonds is 3. The molecule has 0 aliphatic heterocycles. The van der Waals surface area contributed by atoms with Gasteiger partial charge in [-0.2, -0.15) is 0 Å². The second-order valence-corrected chi connectivity index (χ2v) is 5.56. The summed E-state index contributed by atoms with van der Waals surface area (Å²) in [6.07, 6.45) is 0. The zero-order valence-electron chi connectivity index (χ0n) is 12.1. The molecule has 0 saturated carbocycles. The van der Waals surface area contributed by atoms with Gasteiger partial charge < -0.3 is 9.84 Å². The maximum Gasteiger partial charge on any atom is 0.124 e. The van der Waals surface area contributed by atoms with Gasteiger partial charge in [-0.25, -0.2) is 0 Å². The van der Waals surface area contributed by atoms with Crippen LogP contribution in [0.3, 0.4) is 0 Å². The Labute approximate surface area is 143 Å². The summed E-state index contributed by atoms with van der Waals surface area (Å²) in [4.78, 5) is 0. The van der Waals surface area contributed by atoms with Crippen molar-refractivity contribution < 1.29 is 9.84 Å². The molecule has 0 spiro atoms. The Kier molecular flexibility index (Phi) is 4.34. The molecule has 0 fully saturated rings. The average Bonchev–Trinajstić information content (AvgIpc) is 2.58. The highest BCUT2D eigenvalue weighted by Crippen LogP contribution is 2.38. The van der Waals surface area contributed by atoms with E-state index in [0.29, 0.717) is 0 Å². The van der Waals surface area contributed by atoms with E-state index < -0.39 is 0 Å². The zero-order chi connectivity index (χ0) is 15.5. The van der Waals surface area contributed by atoms with E-state index in [4.69, 9.17) is 4.74 Å². The van der Waals surface area contributed by atoms with Crippen LogP contribution in [0.4, 0.5) is 0 Å². The minimum absolute atomic E-state index is 0.271. The maximum absolute atomic E-state index is 10.4. The molecule has 22 heavy (non-hydrogen) atoms. The van der Waals surface area contributed by atoms with E-state index >= 15 is 0 Å². The molecular formula is C19H15IO2. The Bertz CT molecular complexity index is 839. The van der Waals surface area contributed by atoms with E-state index in [-0.39, 0.29) is 5.75 Å². The number of phenols is 1. The largest absolute Gasteiger partial charge is 0.507 e. The number of hydrogen-bond acceptors (Lipinski definition) is 2. The molecule has 2 nitrogen and oxygen atoms in total. The second kappa shape index (κ2) is 6.40. The fraction of sp³-hybridized carbons (Fsp3) is 0.0526. The first kappa shape index (κ1) is 14.9. The van der Waals surface area contributed by atoms with Gasteiger partial charge in [0, 0.05) is 5.56 Å². The number of halogens is 1. The van der Waals surface area contributed by atoms with Gasteiger partial charge in [0.25, 0.3) is 0 Å². The molecule has 0 aliphatic rings. The lowest BCUT2D eigenvalue weighted by molar-refractivity contribution is 0.415. The third kappa shape index (κ3) is 2.68. The summed E-state index contributed by atoms with van der Waals surface area (Å²) in [5.41, 5.74) is 2.90. The molecule has 3 rings (SSSR count). The Balaban J connectivity index is 2.31. The average molecular weight is 402 g/mol. The van der Waals surface area contributed by atoms with Crippen molar-refractivity contribution in [2.24, 2.45) is 0 Å². The molecule has 0 radical (unpaired) electrons. The topological polar surface area (TPSA) is 29.5 Å². The fourth-order valence-electron chi connectivity index (χ4n) is 2.58. The molecule has 3 aromatic rings. The first-order chi connectivity index (χ1) is 10.7. The molecule has 0 amide bonds. The highest BCUT2D eigenvalue weighted by Gasteiger charge is 2.14. The molecule has 3 heteroatoms. The Morgan fingerprint density at radius 1 is 1.05 bits per heavy atom. The van der Waals surface area contributed by atoms with Crippen LogP contribution in [-0.2, 0) is 0 Å². The standard InChI is InChI=1S/C19H15IO2/c1-22-15-9-7-14-8-10-18(21)19(16(14)11-15)17(12-20)13-5-3-2-4-6-13/h2-12,21H,1H3/b17-12+. The van der Waals surface area contributed by atoms with Gasteiger partial charge >= 0.3 is 0 Å². The van der Waals surface area contributed by atoms with Gasteiger partial charge in [-0.3, -0.25) is 0 Å². The van der Waals surface area contributed by atoms with Crippen molar-refractivity contribution in [3.63, 3.8) is 0 Å². The predicted octanol–water partition coefficient (Wildman–Crippen LogP) is 5.38. The summed E-state index contributed by atoms with van der Waals surface area (Å²) < 4.78 is 7.33. The minimum Gasteiger partial charge on any atom is -0.507 e. The SMILES string of the molecule is COc1ccc2ccc(O)c(/C(=C/I)c3ccccc3)c2c1. The molecule has 0 heterocycles. The van der Waals surface area contributed by atoms with Crippen LogP contribution in [0.15, 0.2) is 64.7 Å². The van der Waals surface area contributed by atoms with Crippen molar-refractivity contribution in [2.75, 3.05) is 7.11 Å². The molecule has 1 N–H and O–H groups in total. The highest BCUT2D eigenvalue weighted by atomic mass is 127. The summed E-state index contributed by atoms with van der Waals surface area (Å²) in [6.45, 7) is 0. The Morgan fingerprint density at radius 3 is 2.45 bits per heavy atom. The summed E-state index contributed by atoms with van der Waals surface area (Å²) in [7, 11) is 1.65. The summed E-state index contributed by atoms with van der Waals surface area (Å²) >= 11 is 2.22. The molecule has 0 aromatic heterocycles. The van der Waals surface area contributed by atoms with Crippen LogP contribution in [0.25, 0.3) is 16.3 Å². The van der Waals surface area contributed by atoms with Crippen LogP contribution < -0.4 is 4.74 Å². The third-order valence-corrected chi connectivity index (χ3v) is 4.29. The van der Waals surface area contributed by atoms with Crippen molar-refractivity contribution in [1.29, 1.82) is 0 Å². The number of methoxy groups -OCH3 is 1. The first-order valence-electron chi connectivity index (χ1n) is 6.90. The van der Waals surface area contributed by atoms with Crippen molar-refractivity contribution in [3.8, 4) is 11.5 Å². The Hall–Kier alpha value is -2.01. The molecular weight excluding hydrogens is 387 g/mol. The van der Waals surface area contributed by atoms with E-state index in [2.05, 4.69) is 22.6 Å². The number of phenolic OH excluding ortho intramolecular Hbond substituents is 1. The van der Waals surface area contributed by atoms with E-state index in [1.807, 2.05) is 58.7 Å². The molecule has 3 aromatic carbocycles. The smallest absolute Gasteiger partial charge is 0.124 e. The predicted molar refractivity (Wildman–Crippen MR) is 99.7 cm³/mol. The third-order valence-electron chi connectivity index (χ3n) is 3.67. The second-order valence-electron chi connectivity index (χ2n) is 4.94. The van der Waals surface area contributed by atoms with Gasteiger partial charge in [-0.05, 0) is 44.2 Å². The normalized spacial score (nSPS) is 11.6. The lowest BCUT2D eigenvalue weighted by Crippen LogP contribution is -1.91. The lowest BCUT2D eigenvalue weighted by Gasteiger charge is -2.14. The molecule has 0 aliphatic carbocycles. The monoisotopic (exact) mass is 402 g/mol. The number of benzene rings is 3. The minimum atomic E-state index is 0.271. The van der Waals surface area contributed by atoms with Gasteiger partial charge in [0.1, 0.15) is 11.5 Å². The fourth-order valence-corrected chi connectivity index (χ4v) is 3.25. The van der Waals surface area contributed by atoms with Crippen molar-refractivity contribution in [2.45, 2.75) is 0 Å². The van der Waals surface area contributed by atoms with Crippen LogP contribution in [0, 0.1) is 0 Å². The van der Waals surface area contributed by atoms with Gasteiger partial charge in [0.15, 0.2) is 0 Å². The van der Waals surface area contributed by atoms with Crippen molar-refractivity contribution >= 4 is 38.9 Å². The molecule has 0 saturated heterocycles. The van der Waals surface area contributed by atoms with Gasteiger partial charge in [-0.1, -0.05) is 65.1 Å². The number of aromatic hydroxyl groups is 1. The molecule has 0 bridgehead atoms. The lowest BCUT2D eigenvalue weighted by atomic mass is 9.93. The number of hydrogen-bond donors (Lipinski definition) is 1. The number of fused-ring (bicyclic) bond motifs is 1. The summed E-state index contributed by atoms with van der Waals surface area (Å²) in [5, 5.41) is 12.5. The van der Waals surface area contributed by atoms with E-state index in [1.54, 1.807) is 13.2 Å². The Morgan fingerprint density at radius 2 is 1.77 bits per heavy atom. The van der Waals surface area contributed by atoms with Crippen molar-refractivity contribution in [3.05, 3.63) is 75.9 Å². The molecule has 110 valence electrons. The van der Waals surface area contributed by atoms with Crippen LogP contribution in [0.1, 0.15) is 11.1 Å². The molecule has 0 atom stereocenters. The van der Waals surface area contributed by atoms with Crippen LogP contribution >= 0.6 is 22.6 Å². The van der Waals surface area contributed by atoms with Gasteiger partial charge in [0.05, 0.1) is 7.11 Å². The number of ether oxygens (including phenoxy) is 1. The van der Waals surface area contributed by atoms with Gasteiger partial charge in [-0.15, -0.1) is 0 Å².